The van der Waals surface area contributed by atoms with E-state index in [-0.39, 0.29) is 24.9 Å². The summed E-state index contributed by atoms with van der Waals surface area (Å²) in [4.78, 5) is 11.6. The molecule has 2 aromatic rings. The van der Waals surface area contributed by atoms with E-state index in [2.05, 4.69) is 5.32 Å². The van der Waals surface area contributed by atoms with E-state index in [0.29, 0.717) is 25.5 Å². The smallest absolute Gasteiger partial charge is 0.246 e. The van der Waals surface area contributed by atoms with E-state index in [1.165, 1.54) is 5.56 Å². The van der Waals surface area contributed by atoms with Crippen molar-refractivity contribution in [3.63, 3.8) is 0 Å². The van der Waals surface area contributed by atoms with Gasteiger partial charge in [0.05, 0.1) is 0 Å². The highest BCUT2D eigenvalue weighted by molar-refractivity contribution is 7.89. The highest BCUT2D eigenvalue weighted by Crippen LogP contribution is 2.26. The number of rotatable bonds is 6. The Kier molecular flexibility index (Phi) is 6.23. The number of benzene rings is 1. The van der Waals surface area contributed by atoms with Crippen LogP contribution >= 0.6 is 11.3 Å². The molecule has 3 rings (SSSR count). The molecule has 0 aliphatic carbocycles. The second-order valence-electron chi connectivity index (χ2n) is 6.43. The van der Waals surface area contributed by atoms with Gasteiger partial charge in [-0.3, -0.25) is 4.79 Å². The minimum atomic E-state index is -4.12. The van der Waals surface area contributed by atoms with Crippen molar-refractivity contribution < 1.29 is 22.0 Å². The lowest BCUT2D eigenvalue weighted by atomic mass is 9.97. The number of hydrogen-bond acceptors (Lipinski definition) is 4. The molecular weight excluding hydrogens is 394 g/mol. The van der Waals surface area contributed by atoms with Gasteiger partial charge in [-0.15, -0.1) is 0 Å². The number of carbonyl (C=O) groups excluding carboxylic acids is 1. The average molecular weight is 414 g/mol. The van der Waals surface area contributed by atoms with Gasteiger partial charge in [-0.25, -0.2) is 17.2 Å². The fourth-order valence-corrected chi connectivity index (χ4v) is 5.33. The van der Waals surface area contributed by atoms with Crippen molar-refractivity contribution in [1.29, 1.82) is 0 Å². The first kappa shape index (κ1) is 19.9. The molecular formula is C18H20F2N2O3S2. The normalized spacial score (nSPS) is 16.4. The molecule has 5 nitrogen and oxygen atoms in total. The van der Waals surface area contributed by atoms with E-state index in [9.17, 15) is 22.0 Å². The fourth-order valence-electron chi connectivity index (χ4n) is 3.08. The molecule has 1 saturated heterocycles. The molecule has 0 unspecified atom stereocenters. The maximum absolute atomic E-state index is 13.8. The van der Waals surface area contributed by atoms with Crippen LogP contribution in [0.1, 0.15) is 18.4 Å². The molecule has 27 heavy (non-hydrogen) atoms. The molecule has 2 heterocycles. The van der Waals surface area contributed by atoms with Gasteiger partial charge in [-0.05, 0) is 59.9 Å². The summed E-state index contributed by atoms with van der Waals surface area (Å²) in [6.07, 6.45) is 1.45. The van der Waals surface area contributed by atoms with Gasteiger partial charge >= 0.3 is 0 Å². The van der Waals surface area contributed by atoms with Crippen LogP contribution in [0.3, 0.4) is 0 Å². The zero-order valence-electron chi connectivity index (χ0n) is 14.5. The molecule has 146 valence electrons. The number of sulfonamides is 1. The predicted octanol–water partition coefficient (Wildman–Crippen LogP) is 2.79. The molecule has 1 aromatic carbocycles. The van der Waals surface area contributed by atoms with Gasteiger partial charge in [0.1, 0.15) is 16.5 Å². The zero-order chi connectivity index (χ0) is 19.4. The molecule has 1 aromatic heterocycles. The Labute approximate surface area is 161 Å². The predicted molar refractivity (Wildman–Crippen MR) is 98.9 cm³/mol. The second kappa shape index (κ2) is 8.45. The van der Waals surface area contributed by atoms with Gasteiger partial charge in [-0.2, -0.15) is 15.6 Å². The van der Waals surface area contributed by atoms with Gasteiger partial charge in [0.25, 0.3) is 0 Å². The Bertz CT molecular complexity index is 893. The van der Waals surface area contributed by atoms with Crippen molar-refractivity contribution in [3.8, 4) is 0 Å². The van der Waals surface area contributed by atoms with Crippen LogP contribution in [0.5, 0.6) is 0 Å². The number of carbonyl (C=O) groups is 1. The second-order valence-corrected chi connectivity index (χ2v) is 9.11. The molecule has 1 fully saturated rings. The van der Waals surface area contributed by atoms with E-state index in [1.807, 2.05) is 16.8 Å². The maximum Gasteiger partial charge on any atom is 0.246 e. The topological polar surface area (TPSA) is 66.5 Å². The van der Waals surface area contributed by atoms with Crippen molar-refractivity contribution >= 4 is 27.3 Å². The highest BCUT2D eigenvalue weighted by atomic mass is 32.2. The van der Waals surface area contributed by atoms with Crippen LogP contribution in [-0.2, 0) is 21.2 Å². The third kappa shape index (κ3) is 4.72. The average Bonchev–Trinajstić information content (AvgIpc) is 3.17. The summed E-state index contributed by atoms with van der Waals surface area (Å²) in [6, 6.07) is 4.37. The molecule has 0 bridgehead atoms. The van der Waals surface area contributed by atoms with E-state index in [1.54, 1.807) is 11.3 Å². The Morgan fingerprint density at radius 3 is 2.63 bits per heavy atom. The first-order valence-electron chi connectivity index (χ1n) is 8.62. The van der Waals surface area contributed by atoms with Crippen molar-refractivity contribution in [2.45, 2.75) is 24.2 Å². The quantitative estimate of drug-likeness (QED) is 0.791. The monoisotopic (exact) mass is 414 g/mol. The van der Waals surface area contributed by atoms with E-state index in [4.69, 9.17) is 0 Å². The minimum absolute atomic E-state index is 0.0980. The van der Waals surface area contributed by atoms with Gasteiger partial charge in [-0.1, -0.05) is 0 Å². The van der Waals surface area contributed by atoms with E-state index < -0.39 is 26.6 Å². The van der Waals surface area contributed by atoms with Gasteiger partial charge in [0.2, 0.25) is 15.9 Å². The van der Waals surface area contributed by atoms with Crippen LogP contribution in [0, 0.1) is 17.6 Å². The molecule has 0 radical (unpaired) electrons. The first-order chi connectivity index (χ1) is 12.9. The lowest BCUT2D eigenvalue weighted by Crippen LogP contribution is -2.43. The lowest BCUT2D eigenvalue weighted by molar-refractivity contribution is -0.126. The summed E-state index contributed by atoms with van der Waals surface area (Å²) in [5, 5.41) is 6.89. The van der Waals surface area contributed by atoms with Gasteiger partial charge < -0.3 is 5.32 Å². The summed E-state index contributed by atoms with van der Waals surface area (Å²) in [5.74, 6) is -2.17. The van der Waals surface area contributed by atoms with Crippen molar-refractivity contribution in [2.24, 2.45) is 5.92 Å². The fraction of sp³-hybridized carbons (Fsp3) is 0.389. The Morgan fingerprint density at radius 2 is 1.96 bits per heavy atom. The number of amides is 1. The molecule has 1 aliphatic heterocycles. The van der Waals surface area contributed by atoms with E-state index in [0.717, 1.165) is 22.9 Å². The Hall–Kier alpha value is -1.84. The molecule has 0 atom stereocenters. The van der Waals surface area contributed by atoms with Crippen LogP contribution < -0.4 is 5.32 Å². The number of piperidine rings is 1. The number of hydrogen-bond donors (Lipinski definition) is 1. The summed E-state index contributed by atoms with van der Waals surface area (Å²) in [6.45, 7) is 0.727. The molecule has 1 amide bonds. The van der Waals surface area contributed by atoms with Crippen LogP contribution in [0.4, 0.5) is 8.78 Å². The SMILES string of the molecule is O=C(NCCc1ccsc1)C1CCN(S(=O)(=O)c2cc(F)ccc2F)CC1. The van der Waals surface area contributed by atoms with Crippen LogP contribution in [0.15, 0.2) is 39.9 Å². The molecule has 0 spiro atoms. The maximum atomic E-state index is 13.8. The van der Waals surface area contributed by atoms with E-state index >= 15 is 0 Å². The minimum Gasteiger partial charge on any atom is -0.356 e. The zero-order valence-corrected chi connectivity index (χ0v) is 16.2. The lowest BCUT2D eigenvalue weighted by Gasteiger charge is -2.30. The molecule has 1 aliphatic rings. The summed E-state index contributed by atoms with van der Waals surface area (Å²) >= 11 is 1.60. The van der Waals surface area contributed by atoms with Crippen molar-refractivity contribution in [1.82, 2.24) is 9.62 Å². The molecule has 0 saturated carbocycles. The third-order valence-corrected chi connectivity index (χ3v) is 7.27. The van der Waals surface area contributed by atoms with Crippen molar-refractivity contribution in [3.05, 3.63) is 52.2 Å². The standard InChI is InChI=1S/C18H20F2N2O3S2/c19-15-1-2-16(20)17(11-15)27(24,25)22-8-4-14(5-9-22)18(23)21-7-3-13-6-10-26-12-13/h1-2,6,10-12,14H,3-5,7-9H2,(H,21,23). The number of halogens is 2. The number of nitrogens with one attached hydrogen (secondary N) is 1. The Morgan fingerprint density at radius 1 is 1.22 bits per heavy atom. The van der Waals surface area contributed by atoms with Crippen LogP contribution in [-0.4, -0.2) is 38.3 Å². The van der Waals surface area contributed by atoms with Crippen LogP contribution in [0.2, 0.25) is 0 Å². The third-order valence-electron chi connectivity index (χ3n) is 4.63. The van der Waals surface area contributed by atoms with Gasteiger partial charge in [0.15, 0.2) is 0 Å². The Balaban J connectivity index is 1.54. The number of thiophene rings is 1. The summed E-state index contributed by atoms with van der Waals surface area (Å²) < 4.78 is 53.4. The number of nitrogens with zero attached hydrogens (tertiary/aromatic N) is 1. The first-order valence-corrected chi connectivity index (χ1v) is 11.0. The van der Waals surface area contributed by atoms with Crippen molar-refractivity contribution in [2.75, 3.05) is 19.6 Å². The molecule has 1 N–H and O–H groups in total. The summed E-state index contributed by atoms with van der Waals surface area (Å²) in [5.41, 5.74) is 1.17. The molecule has 9 heteroatoms. The van der Waals surface area contributed by atoms with Gasteiger partial charge in [0, 0.05) is 25.6 Å². The summed E-state index contributed by atoms with van der Waals surface area (Å²) in [7, 11) is -4.12. The highest BCUT2D eigenvalue weighted by Gasteiger charge is 2.33. The van der Waals surface area contributed by atoms with Crippen LogP contribution in [0.25, 0.3) is 0 Å². The largest absolute Gasteiger partial charge is 0.356 e.